The summed E-state index contributed by atoms with van der Waals surface area (Å²) >= 11 is 18.4. The van der Waals surface area contributed by atoms with Crippen LogP contribution in [0.4, 0.5) is 0 Å². The SMILES string of the molecule is CC1CCCCC1Cn1c(CCl)nc2cc(Cl)c(Cl)cc21. The van der Waals surface area contributed by atoms with E-state index in [-0.39, 0.29) is 0 Å². The lowest BCUT2D eigenvalue weighted by Gasteiger charge is -2.29. The molecule has 1 fully saturated rings. The molecule has 0 aliphatic heterocycles. The van der Waals surface area contributed by atoms with Crippen LogP contribution in [-0.2, 0) is 12.4 Å². The minimum Gasteiger partial charge on any atom is -0.327 e. The van der Waals surface area contributed by atoms with Crippen molar-refractivity contribution in [1.29, 1.82) is 0 Å². The Balaban J connectivity index is 2.01. The summed E-state index contributed by atoms with van der Waals surface area (Å²) in [5.41, 5.74) is 1.92. The number of alkyl halides is 1. The monoisotopic (exact) mass is 344 g/mol. The van der Waals surface area contributed by atoms with Crippen LogP contribution in [0.5, 0.6) is 0 Å². The number of halogens is 3. The van der Waals surface area contributed by atoms with Gasteiger partial charge in [-0.25, -0.2) is 4.98 Å². The normalized spacial score (nSPS) is 22.9. The van der Waals surface area contributed by atoms with Crippen molar-refractivity contribution in [3.05, 3.63) is 28.0 Å². The molecule has 0 spiro atoms. The van der Waals surface area contributed by atoms with E-state index in [1.165, 1.54) is 25.7 Å². The van der Waals surface area contributed by atoms with Gasteiger partial charge in [0.15, 0.2) is 0 Å². The fourth-order valence-electron chi connectivity index (χ4n) is 3.37. The summed E-state index contributed by atoms with van der Waals surface area (Å²) in [6.45, 7) is 3.32. The third kappa shape index (κ3) is 3.04. The standard InChI is InChI=1S/C16H19Cl3N2/c1-10-4-2-3-5-11(10)9-21-15-7-13(19)12(18)6-14(15)20-16(21)8-17/h6-7,10-11H,2-5,8-9H2,1H3. The van der Waals surface area contributed by atoms with Crippen LogP contribution in [0.1, 0.15) is 38.4 Å². The van der Waals surface area contributed by atoms with Gasteiger partial charge in [0.1, 0.15) is 5.82 Å². The van der Waals surface area contributed by atoms with Crippen LogP contribution in [0, 0.1) is 11.8 Å². The maximum atomic E-state index is 6.18. The zero-order chi connectivity index (χ0) is 15.0. The Morgan fingerprint density at radius 1 is 1.19 bits per heavy atom. The average molecular weight is 346 g/mol. The second kappa shape index (κ2) is 6.36. The molecule has 2 aromatic rings. The first-order valence-electron chi connectivity index (χ1n) is 7.50. The Morgan fingerprint density at radius 3 is 2.62 bits per heavy atom. The van der Waals surface area contributed by atoms with Crippen molar-refractivity contribution in [3.63, 3.8) is 0 Å². The lowest BCUT2D eigenvalue weighted by atomic mass is 9.80. The molecule has 1 aliphatic rings. The Kier molecular flexibility index (Phi) is 4.68. The first-order chi connectivity index (χ1) is 10.1. The van der Waals surface area contributed by atoms with E-state index in [4.69, 9.17) is 34.8 Å². The molecule has 1 saturated carbocycles. The Hall–Kier alpha value is -0.440. The number of rotatable bonds is 3. The van der Waals surface area contributed by atoms with Gasteiger partial charge in [0.2, 0.25) is 0 Å². The molecule has 1 aromatic heterocycles. The van der Waals surface area contributed by atoms with E-state index < -0.39 is 0 Å². The van der Waals surface area contributed by atoms with Crippen LogP contribution in [0.15, 0.2) is 12.1 Å². The first kappa shape index (κ1) is 15.5. The minimum atomic E-state index is 0.408. The van der Waals surface area contributed by atoms with Gasteiger partial charge in [-0.05, 0) is 30.4 Å². The van der Waals surface area contributed by atoms with Gasteiger partial charge < -0.3 is 4.57 Å². The molecule has 1 aliphatic carbocycles. The highest BCUT2D eigenvalue weighted by Crippen LogP contribution is 2.34. The summed E-state index contributed by atoms with van der Waals surface area (Å²) in [6, 6.07) is 3.74. The molecule has 0 radical (unpaired) electrons. The average Bonchev–Trinajstić information content (AvgIpc) is 2.79. The summed E-state index contributed by atoms with van der Waals surface area (Å²) in [5, 5.41) is 1.11. The summed E-state index contributed by atoms with van der Waals surface area (Å²) in [5.74, 6) is 2.75. The van der Waals surface area contributed by atoms with Gasteiger partial charge in [-0.1, -0.05) is 49.4 Å². The highest BCUT2D eigenvalue weighted by Gasteiger charge is 2.23. The molecule has 2 unspecified atom stereocenters. The summed E-state index contributed by atoms with van der Waals surface area (Å²) in [6.07, 6.45) is 5.28. The highest BCUT2D eigenvalue weighted by molar-refractivity contribution is 6.42. The van der Waals surface area contributed by atoms with Gasteiger partial charge in [-0.2, -0.15) is 0 Å². The van der Waals surface area contributed by atoms with Gasteiger partial charge in [0, 0.05) is 6.54 Å². The van der Waals surface area contributed by atoms with Crippen molar-refractivity contribution in [2.24, 2.45) is 11.8 Å². The quantitative estimate of drug-likeness (QED) is 0.632. The molecule has 0 N–H and O–H groups in total. The smallest absolute Gasteiger partial charge is 0.124 e. The molecule has 3 rings (SSSR count). The number of nitrogens with zero attached hydrogens (tertiary/aromatic N) is 2. The third-order valence-electron chi connectivity index (χ3n) is 4.70. The molecule has 21 heavy (non-hydrogen) atoms. The molecule has 0 amide bonds. The Bertz CT molecular complexity index is 650. The molecule has 5 heteroatoms. The largest absolute Gasteiger partial charge is 0.327 e. The molecule has 2 nitrogen and oxygen atoms in total. The number of hydrogen-bond donors (Lipinski definition) is 0. The van der Waals surface area contributed by atoms with E-state index in [0.29, 0.717) is 21.8 Å². The predicted molar refractivity (Wildman–Crippen MR) is 90.4 cm³/mol. The lowest BCUT2D eigenvalue weighted by Crippen LogP contribution is -2.22. The fraction of sp³-hybridized carbons (Fsp3) is 0.562. The maximum Gasteiger partial charge on any atom is 0.124 e. The molecule has 114 valence electrons. The van der Waals surface area contributed by atoms with Crippen molar-refractivity contribution < 1.29 is 0 Å². The third-order valence-corrected chi connectivity index (χ3v) is 5.66. The van der Waals surface area contributed by atoms with Crippen molar-refractivity contribution in [3.8, 4) is 0 Å². The van der Waals surface area contributed by atoms with Crippen LogP contribution >= 0.6 is 34.8 Å². The van der Waals surface area contributed by atoms with Crippen molar-refractivity contribution in [2.75, 3.05) is 0 Å². The molecule has 1 aromatic carbocycles. The lowest BCUT2D eigenvalue weighted by molar-refractivity contribution is 0.229. The van der Waals surface area contributed by atoms with Crippen molar-refractivity contribution >= 4 is 45.8 Å². The van der Waals surface area contributed by atoms with Gasteiger partial charge in [-0.15, -0.1) is 11.6 Å². The first-order valence-corrected chi connectivity index (χ1v) is 8.79. The minimum absolute atomic E-state index is 0.408. The number of benzene rings is 1. The number of imidazole rings is 1. The zero-order valence-electron chi connectivity index (χ0n) is 12.1. The predicted octanol–water partition coefficient (Wildman–Crippen LogP) is 5.91. The van der Waals surface area contributed by atoms with Crippen LogP contribution in [0.25, 0.3) is 11.0 Å². The number of hydrogen-bond acceptors (Lipinski definition) is 1. The molecule has 2 atom stereocenters. The van der Waals surface area contributed by atoms with Crippen LogP contribution in [-0.4, -0.2) is 9.55 Å². The second-order valence-corrected chi connectivity index (χ2v) is 7.13. The number of fused-ring (bicyclic) bond motifs is 1. The molecule has 1 heterocycles. The van der Waals surface area contributed by atoms with Gasteiger partial charge in [-0.3, -0.25) is 0 Å². The van der Waals surface area contributed by atoms with E-state index in [1.807, 2.05) is 12.1 Å². The molecular formula is C16H19Cl3N2. The van der Waals surface area contributed by atoms with Crippen LogP contribution in [0.2, 0.25) is 10.0 Å². The van der Waals surface area contributed by atoms with E-state index in [9.17, 15) is 0 Å². The van der Waals surface area contributed by atoms with Gasteiger partial charge >= 0.3 is 0 Å². The van der Waals surface area contributed by atoms with Crippen LogP contribution < -0.4 is 0 Å². The highest BCUT2D eigenvalue weighted by atomic mass is 35.5. The van der Waals surface area contributed by atoms with E-state index in [1.54, 1.807) is 0 Å². The van der Waals surface area contributed by atoms with Gasteiger partial charge in [0.25, 0.3) is 0 Å². The van der Waals surface area contributed by atoms with E-state index >= 15 is 0 Å². The fourth-order valence-corrected chi connectivity index (χ4v) is 3.89. The molecular weight excluding hydrogens is 327 g/mol. The topological polar surface area (TPSA) is 17.8 Å². The van der Waals surface area contributed by atoms with Crippen molar-refractivity contribution in [1.82, 2.24) is 9.55 Å². The summed E-state index contributed by atoms with van der Waals surface area (Å²) < 4.78 is 2.23. The molecule has 0 saturated heterocycles. The molecule has 0 bridgehead atoms. The number of aromatic nitrogens is 2. The zero-order valence-corrected chi connectivity index (χ0v) is 14.3. The summed E-state index contributed by atoms with van der Waals surface area (Å²) in [7, 11) is 0. The van der Waals surface area contributed by atoms with Crippen LogP contribution in [0.3, 0.4) is 0 Å². The van der Waals surface area contributed by atoms with E-state index in [2.05, 4.69) is 16.5 Å². The van der Waals surface area contributed by atoms with Gasteiger partial charge in [0.05, 0.1) is 27.0 Å². The summed E-state index contributed by atoms with van der Waals surface area (Å²) in [4.78, 5) is 4.61. The van der Waals surface area contributed by atoms with Crippen molar-refractivity contribution in [2.45, 2.75) is 45.0 Å². The Morgan fingerprint density at radius 2 is 1.90 bits per heavy atom. The Labute approximate surface area is 140 Å². The van der Waals surface area contributed by atoms with E-state index in [0.717, 1.165) is 29.3 Å². The second-order valence-electron chi connectivity index (χ2n) is 6.05. The maximum absolute atomic E-state index is 6.18.